The highest BCUT2D eigenvalue weighted by Gasteiger charge is 1.87. The van der Waals surface area contributed by atoms with Gasteiger partial charge in [0.25, 0.3) is 0 Å². The van der Waals surface area contributed by atoms with Gasteiger partial charge in [-0.25, -0.2) is 0 Å². The van der Waals surface area contributed by atoms with E-state index in [1.54, 1.807) is 0 Å². The molecule has 0 unspecified atom stereocenters. The van der Waals surface area contributed by atoms with Crippen LogP contribution in [0.25, 0.3) is 0 Å². The first kappa shape index (κ1) is 19.6. The Kier molecular flexibility index (Phi) is 16.7. The summed E-state index contributed by atoms with van der Waals surface area (Å²) in [6, 6.07) is 22.3. The first-order chi connectivity index (χ1) is 9.30. The van der Waals surface area contributed by atoms with Crippen LogP contribution in [0, 0.1) is 0 Å². The number of rotatable bonds is 1. The summed E-state index contributed by atoms with van der Waals surface area (Å²) in [6.45, 7) is 8.00. The predicted octanol–water partition coefficient (Wildman–Crippen LogP) is 5.49. The molecule has 0 spiro atoms. The van der Waals surface area contributed by atoms with Crippen molar-refractivity contribution in [2.75, 3.05) is 19.0 Å². The van der Waals surface area contributed by atoms with Crippen LogP contribution in [-0.4, -0.2) is 14.1 Å². The Morgan fingerprint density at radius 2 is 0.789 bits per heavy atom. The quantitative estimate of drug-likeness (QED) is 0.654. The molecule has 0 N–H and O–H groups in total. The number of para-hydroxylation sites is 1. The third kappa shape index (κ3) is 12.5. The fraction of sp³-hybridized carbons (Fsp3) is 0.333. The maximum Gasteiger partial charge on any atom is 0.0360 e. The van der Waals surface area contributed by atoms with Crippen molar-refractivity contribution < 1.29 is 0 Å². The topological polar surface area (TPSA) is 3.24 Å². The van der Waals surface area contributed by atoms with E-state index in [-0.39, 0.29) is 0 Å². The van der Waals surface area contributed by atoms with Crippen molar-refractivity contribution in [2.45, 2.75) is 27.7 Å². The fourth-order valence-corrected chi connectivity index (χ4v) is 1.11. The molecule has 0 aromatic heterocycles. The Morgan fingerprint density at radius 3 is 1.00 bits per heavy atom. The minimum Gasteiger partial charge on any atom is -0.378 e. The minimum atomic E-state index is 1.25. The highest BCUT2D eigenvalue weighted by molar-refractivity contribution is 5.43. The van der Waals surface area contributed by atoms with E-state index < -0.39 is 0 Å². The standard InChI is InChI=1S/C8H11N.C6H6.2C2H6/c1-9(2)8-6-4-3-5-7-8;1-2-4-6-5-3-1;2*1-2/h3-7H,1-2H3;1-6H;2*1-2H3. The van der Waals surface area contributed by atoms with Gasteiger partial charge in [0.1, 0.15) is 0 Å². The van der Waals surface area contributed by atoms with Crippen LogP contribution < -0.4 is 4.90 Å². The third-order valence-corrected chi connectivity index (χ3v) is 1.94. The van der Waals surface area contributed by atoms with Crippen molar-refractivity contribution in [3.8, 4) is 0 Å². The first-order valence-electron chi connectivity index (χ1n) is 7.03. The molecule has 1 nitrogen and oxygen atoms in total. The zero-order valence-electron chi connectivity index (χ0n) is 13.3. The summed E-state index contributed by atoms with van der Waals surface area (Å²) in [5, 5.41) is 0. The molecule has 0 aliphatic carbocycles. The summed E-state index contributed by atoms with van der Waals surface area (Å²) in [6.07, 6.45) is 0. The second kappa shape index (κ2) is 16.2. The van der Waals surface area contributed by atoms with E-state index in [1.165, 1.54) is 5.69 Å². The smallest absolute Gasteiger partial charge is 0.0360 e. The van der Waals surface area contributed by atoms with Gasteiger partial charge in [0.15, 0.2) is 0 Å². The second-order valence-corrected chi connectivity index (χ2v) is 3.38. The van der Waals surface area contributed by atoms with Gasteiger partial charge >= 0.3 is 0 Å². The van der Waals surface area contributed by atoms with E-state index in [2.05, 4.69) is 17.0 Å². The summed E-state index contributed by atoms with van der Waals surface area (Å²) < 4.78 is 0. The van der Waals surface area contributed by atoms with Crippen LogP contribution in [0.15, 0.2) is 66.7 Å². The number of nitrogens with zero attached hydrogens (tertiary/aromatic N) is 1. The molecule has 2 aromatic carbocycles. The fourth-order valence-electron chi connectivity index (χ4n) is 1.11. The number of hydrogen-bond acceptors (Lipinski definition) is 1. The normalized spacial score (nSPS) is 7.47. The summed E-state index contributed by atoms with van der Waals surface area (Å²) in [4.78, 5) is 2.08. The molecule has 19 heavy (non-hydrogen) atoms. The molecular formula is C18H29N. The Hall–Kier alpha value is -1.76. The minimum absolute atomic E-state index is 1.25. The zero-order valence-corrected chi connectivity index (χ0v) is 13.3. The molecule has 0 saturated carbocycles. The van der Waals surface area contributed by atoms with Gasteiger partial charge in [-0.05, 0) is 12.1 Å². The average Bonchev–Trinajstić information content (AvgIpc) is 2.54. The van der Waals surface area contributed by atoms with Crippen molar-refractivity contribution in [1.82, 2.24) is 0 Å². The van der Waals surface area contributed by atoms with E-state index >= 15 is 0 Å². The SMILES string of the molecule is CC.CC.CN(C)c1ccccc1.c1ccccc1. The number of hydrogen-bond donors (Lipinski definition) is 0. The van der Waals surface area contributed by atoms with E-state index in [0.29, 0.717) is 0 Å². The Labute approximate surface area is 119 Å². The second-order valence-electron chi connectivity index (χ2n) is 3.38. The van der Waals surface area contributed by atoms with Crippen LogP contribution in [0.3, 0.4) is 0 Å². The van der Waals surface area contributed by atoms with Crippen molar-refractivity contribution in [2.24, 2.45) is 0 Å². The average molecular weight is 259 g/mol. The van der Waals surface area contributed by atoms with Crippen LogP contribution in [0.2, 0.25) is 0 Å². The van der Waals surface area contributed by atoms with Gasteiger partial charge in [0.05, 0.1) is 0 Å². The molecule has 0 aliphatic rings. The number of anilines is 1. The third-order valence-electron chi connectivity index (χ3n) is 1.94. The van der Waals surface area contributed by atoms with Crippen LogP contribution in [0.5, 0.6) is 0 Å². The number of benzene rings is 2. The van der Waals surface area contributed by atoms with Crippen molar-refractivity contribution in [3.05, 3.63) is 66.7 Å². The highest BCUT2D eigenvalue weighted by Crippen LogP contribution is 2.07. The van der Waals surface area contributed by atoms with E-state index in [0.717, 1.165) is 0 Å². The van der Waals surface area contributed by atoms with Gasteiger partial charge in [-0.1, -0.05) is 82.3 Å². The zero-order chi connectivity index (χ0) is 14.9. The summed E-state index contributed by atoms with van der Waals surface area (Å²) in [5.41, 5.74) is 1.25. The van der Waals surface area contributed by atoms with Gasteiger partial charge in [0, 0.05) is 19.8 Å². The molecule has 0 atom stereocenters. The first-order valence-corrected chi connectivity index (χ1v) is 7.03. The predicted molar refractivity (Wildman–Crippen MR) is 89.9 cm³/mol. The molecule has 0 amide bonds. The molecule has 1 heteroatoms. The summed E-state index contributed by atoms with van der Waals surface area (Å²) in [7, 11) is 4.07. The van der Waals surface area contributed by atoms with Gasteiger partial charge in [-0.3, -0.25) is 0 Å². The molecular weight excluding hydrogens is 230 g/mol. The molecule has 106 valence electrons. The lowest BCUT2D eigenvalue weighted by Gasteiger charge is -2.10. The van der Waals surface area contributed by atoms with E-state index in [4.69, 9.17) is 0 Å². The molecule has 0 heterocycles. The largest absolute Gasteiger partial charge is 0.378 e. The highest BCUT2D eigenvalue weighted by atomic mass is 15.1. The van der Waals surface area contributed by atoms with Crippen molar-refractivity contribution >= 4 is 5.69 Å². The summed E-state index contributed by atoms with van der Waals surface area (Å²) in [5.74, 6) is 0. The van der Waals surface area contributed by atoms with Gasteiger partial charge in [0.2, 0.25) is 0 Å². The van der Waals surface area contributed by atoms with E-state index in [1.807, 2.05) is 96.4 Å². The Balaban J connectivity index is 0. The van der Waals surface area contributed by atoms with Gasteiger partial charge in [-0.2, -0.15) is 0 Å². The molecule has 0 bridgehead atoms. The van der Waals surface area contributed by atoms with Crippen LogP contribution in [0.4, 0.5) is 5.69 Å². The van der Waals surface area contributed by atoms with Crippen molar-refractivity contribution in [3.63, 3.8) is 0 Å². The molecule has 0 fully saturated rings. The summed E-state index contributed by atoms with van der Waals surface area (Å²) >= 11 is 0. The Morgan fingerprint density at radius 1 is 0.526 bits per heavy atom. The van der Waals surface area contributed by atoms with Crippen LogP contribution >= 0.6 is 0 Å². The lowest BCUT2D eigenvalue weighted by molar-refractivity contribution is 1.13. The van der Waals surface area contributed by atoms with Crippen LogP contribution in [0.1, 0.15) is 27.7 Å². The molecule has 0 aliphatic heterocycles. The lowest BCUT2D eigenvalue weighted by atomic mass is 10.3. The van der Waals surface area contributed by atoms with Gasteiger partial charge in [-0.15, -0.1) is 0 Å². The molecule has 2 rings (SSSR count). The van der Waals surface area contributed by atoms with Crippen LogP contribution in [-0.2, 0) is 0 Å². The van der Waals surface area contributed by atoms with Crippen molar-refractivity contribution in [1.29, 1.82) is 0 Å². The monoisotopic (exact) mass is 259 g/mol. The van der Waals surface area contributed by atoms with E-state index in [9.17, 15) is 0 Å². The maximum absolute atomic E-state index is 2.08. The Bertz CT molecular complexity index is 314. The molecule has 2 aromatic rings. The molecule has 0 radical (unpaired) electrons. The maximum atomic E-state index is 2.08. The molecule has 0 saturated heterocycles. The lowest BCUT2D eigenvalue weighted by Crippen LogP contribution is -2.07. The van der Waals surface area contributed by atoms with Gasteiger partial charge < -0.3 is 4.90 Å².